The summed E-state index contributed by atoms with van der Waals surface area (Å²) >= 11 is 1.31. The van der Waals surface area contributed by atoms with Crippen molar-refractivity contribution in [2.75, 3.05) is 0 Å². The summed E-state index contributed by atoms with van der Waals surface area (Å²) in [5.74, 6) is -2.39. The number of ether oxygens (including phenoxy) is 1. The molecule has 0 aliphatic rings. The number of esters is 1. The van der Waals surface area contributed by atoms with Gasteiger partial charge in [-0.15, -0.1) is 11.3 Å². The molecule has 0 spiro atoms. The number of aliphatic carboxylic acids is 1. The SMILES string of the molecule is CC(C)(C)OC(=O)[C@](N)(Cc1cscn1)C(=O)O. The third kappa shape index (κ3) is 3.51. The van der Waals surface area contributed by atoms with E-state index in [0.29, 0.717) is 5.69 Å². The molecule has 0 saturated heterocycles. The van der Waals surface area contributed by atoms with Crippen molar-refractivity contribution < 1.29 is 19.4 Å². The van der Waals surface area contributed by atoms with Crippen LogP contribution >= 0.6 is 11.3 Å². The lowest BCUT2D eigenvalue weighted by molar-refractivity contribution is -0.169. The van der Waals surface area contributed by atoms with Gasteiger partial charge in [-0.2, -0.15) is 0 Å². The number of aromatic nitrogens is 1. The first kappa shape index (κ1) is 14.6. The molecule has 0 unspecified atom stereocenters. The summed E-state index contributed by atoms with van der Waals surface area (Å²) in [6.45, 7) is 4.95. The standard InChI is InChI=1S/C11H16N2O4S/c1-10(2,3)17-9(16)11(12,8(14)15)4-7-5-18-6-13-7/h5-6H,4,12H2,1-3H3,(H,14,15)/t11-/m0/s1. The summed E-state index contributed by atoms with van der Waals surface area (Å²) in [5.41, 5.74) is 4.77. The molecule has 0 bridgehead atoms. The number of carbonyl (C=O) groups excluding carboxylic acids is 1. The highest BCUT2D eigenvalue weighted by Gasteiger charge is 2.46. The smallest absolute Gasteiger partial charge is 0.338 e. The van der Waals surface area contributed by atoms with Gasteiger partial charge < -0.3 is 15.6 Å². The molecule has 0 fully saturated rings. The minimum Gasteiger partial charge on any atom is -0.479 e. The average molecular weight is 272 g/mol. The van der Waals surface area contributed by atoms with Gasteiger partial charge in [0.25, 0.3) is 0 Å². The molecule has 7 heteroatoms. The molecule has 0 saturated carbocycles. The van der Waals surface area contributed by atoms with Gasteiger partial charge in [-0.05, 0) is 20.8 Å². The van der Waals surface area contributed by atoms with Crippen LogP contribution in [0.5, 0.6) is 0 Å². The molecule has 1 aromatic rings. The van der Waals surface area contributed by atoms with Crippen LogP contribution in [-0.2, 0) is 20.7 Å². The molecule has 0 aliphatic carbocycles. The highest BCUT2D eigenvalue weighted by molar-refractivity contribution is 7.07. The summed E-state index contributed by atoms with van der Waals surface area (Å²) in [5, 5.41) is 10.8. The van der Waals surface area contributed by atoms with E-state index >= 15 is 0 Å². The van der Waals surface area contributed by atoms with Gasteiger partial charge in [-0.3, -0.25) is 0 Å². The molecule has 0 aromatic carbocycles. The lowest BCUT2D eigenvalue weighted by atomic mass is 9.95. The van der Waals surface area contributed by atoms with Gasteiger partial charge >= 0.3 is 11.9 Å². The Morgan fingerprint density at radius 3 is 2.50 bits per heavy atom. The minimum atomic E-state index is -2.11. The fraction of sp³-hybridized carbons (Fsp3) is 0.545. The third-order valence-corrected chi connectivity index (χ3v) is 2.72. The number of carbonyl (C=O) groups is 2. The van der Waals surface area contributed by atoms with E-state index in [-0.39, 0.29) is 6.42 Å². The van der Waals surface area contributed by atoms with E-state index in [1.807, 2.05) is 0 Å². The second kappa shape index (κ2) is 5.03. The lowest BCUT2D eigenvalue weighted by Gasteiger charge is -2.27. The van der Waals surface area contributed by atoms with Gasteiger partial charge in [0.05, 0.1) is 11.2 Å². The van der Waals surface area contributed by atoms with E-state index in [0.717, 1.165) is 0 Å². The first-order valence-corrected chi connectivity index (χ1v) is 6.22. The van der Waals surface area contributed by atoms with Gasteiger partial charge in [-0.1, -0.05) is 0 Å². The molecule has 0 amide bonds. The number of carboxylic acid groups (broad SMARTS) is 1. The van der Waals surface area contributed by atoms with Crippen molar-refractivity contribution in [3.05, 3.63) is 16.6 Å². The van der Waals surface area contributed by atoms with Gasteiger partial charge in [0, 0.05) is 11.8 Å². The third-order valence-electron chi connectivity index (χ3n) is 2.09. The maximum atomic E-state index is 11.9. The Labute approximate surface area is 109 Å². The van der Waals surface area contributed by atoms with Crippen LogP contribution in [0, 0.1) is 0 Å². The number of carboxylic acids is 1. The highest BCUT2D eigenvalue weighted by Crippen LogP contribution is 2.18. The fourth-order valence-corrected chi connectivity index (χ4v) is 1.77. The molecule has 100 valence electrons. The van der Waals surface area contributed by atoms with Crippen LogP contribution in [0.2, 0.25) is 0 Å². The molecular weight excluding hydrogens is 256 g/mol. The predicted octanol–water partition coefficient (Wildman–Crippen LogP) is 0.809. The first-order valence-electron chi connectivity index (χ1n) is 5.28. The van der Waals surface area contributed by atoms with Crippen molar-refractivity contribution in [2.45, 2.75) is 38.3 Å². The Hall–Kier alpha value is -1.47. The van der Waals surface area contributed by atoms with Crippen LogP contribution in [0.1, 0.15) is 26.5 Å². The molecule has 0 aliphatic heterocycles. The van der Waals surface area contributed by atoms with E-state index in [1.54, 1.807) is 31.7 Å². The second-order valence-corrected chi connectivity index (χ2v) is 5.65. The van der Waals surface area contributed by atoms with E-state index < -0.39 is 23.1 Å². The Morgan fingerprint density at radius 1 is 1.50 bits per heavy atom. The van der Waals surface area contributed by atoms with Crippen LogP contribution in [0.3, 0.4) is 0 Å². The Kier molecular flexibility index (Phi) is 4.08. The monoisotopic (exact) mass is 272 g/mol. The number of rotatable bonds is 4. The Balaban J connectivity index is 2.93. The van der Waals surface area contributed by atoms with Crippen LogP contribution in [0.4, 0.5) is 0 Å². The van der Waals surface area contributed by atoms with Crippen molar-refractivity contribution >= 4 is 23.3 Å². The fourth-order valence-electron chi connectivity index (χ4n) is 1.21. The summed E-state index contributed by atoms with van der Waals surface area (Å²) in [4.78, 5) is 27.1. The molecular formula is C11H16N2O4S. The number of thiazole rings is 1. The molecule has 1 rings (SSSR count). The second-order valence-electron chi connectivity index (χ2n) is 4.93. The molecule has 18 heavy (non-hydrogen) atoms. The molecule has 0 radical (unpaired) electrons. The average Bonchev–Trinajstić information content (AvgIpc) is 2.66. The number of nitrogens with zero attached hydrogens (tertiary/aromatic N) is 1. The Bertz CT molecular complexity index is 438. The van der Waals surface area contributed by atoms with Crippen molar-refractivity contribution in [1.29, 1.82) is 0 Å². The maximum Gasteiger partial charge on any atom is 0.338 e. The summed E-state index contributed by atoms with van der Waals surface area (Å²) in [6, 6.07) is 0. The van der Waals surface area contributed by atoms with Gasteiger partial charge in [-0.25, -0.2) is 14.6 Å². The van der Waals surface area contributed by atoms with Crippen LogP contribution in [0.25, 0.3) is 0 Å². The normalized spacial score (nSPS) is 14.9. The number of nitrogens with two attached hydrogens (primary N) is 1. The topological polar surface area (TPSA) is 103 Å². The zero-order chi connectivity index (χ0) is 14.0. The van der Waals surface area contributed by atoms with Crippen LogP contribution in [0.15, 0.2) is 10.9 Å². The quantitative estimate of drug-likeness (QED) is 0.621. The highest BCUT2D eigenvalue weighted by atomic mass is 32.1. The molecule has 1 atom stereocenters. The summed E-state index contributed by atoms with van der Waals surface area (Å²) < 4.78 is 5.04. The van der Waals surface area contributed by atoms with Crippen molar-refractivity contribution in [1.82, 2.24) is 4.98 Å². The summed E-state index contributed by atoms with van der Waals surface area (Å²) in [6.07, 6.45) is -0.194. The molecule has 6 nitrogen and oxygen atoms in total. The van der Waals surface area contributed by atoms with E-state index in [4.69, 9.17) is 15.6 Å². The lowest BCUT2D eigenvalue weighted by Crippen LogP contribution is -2.58. The molecule has 1 aromatic heterocycles. The molecule has 3 N–H and O–H groups in total. The first-order chi connectivity index (χ1) is 8.15. The number of hydrogen-bond donors (Lipinski definition) is 2. The van der Waals surface area contributed by atoms with E-state index in [1.165, 1.54) is 11.3 Å². The predicted molar refractivity (Wildman–Crippen MR) is 66.2 cm³/mol. The maximum absolute atomic E-state index is 11.9. The zero-order valence-electron chi connectivity index (χ0n) is 10.5. The van der Waals surface area contributed by atoms with Crippen molar-refractivity contribution in [3.8, 4) is 0 Å². The minimum absolute atomic E-state index is 0.194. The van der Waals surface area contributed by atoms with Gasteiger partial charge in [0.2, 0.25) is 5.54 Å². The van der Waals surface area contributed by atoms with Crippen molar-refractivity contribution in [2.24, 2.45) is 5.73 Å². The van der Waals surface area contributed by atoms with Crippen molar-refractivity contribution in [3.63, 3.8) is 0 Å². The van der Waals surface area contributed by atoms with Gasteiger partial charge in [0.1, 0.15) is 5.60 Å². The van der Waals surface area contributed by atoms with Gasteiger partial charge in [0.15, 0.2) is 0 Å². The summed E-state index contributed by atoms with van der Waals surface area (Å²) in [7, 11) is 0. The van der Waals surface area contributed by atoms with Crippen LogP contribution < -0.4 is 5.73 Å². The molecule has 1 heterocycles. The van der Waals surface area contributed by atoms with E-state index in [9.17, 15) is 9.59 Å². The zero-order valence-corrected chi connectivity index (χ0v) is 11.3. The Morgan fingerprint density at radius 2 is 2.11 bits per heavy atom. The largest absolute Gasteiger partial charge is 0.479 e. The van der Waals surface area contributed by atoms with Crippen LogP contribution in [-0.4, -0.2) is 33.2 Å². The number of hydrogen-bond acceptors (Lipinski definition) is 6. The van der Waals surface area contributed by atoms with E-state index in [2.05, 4.69) is 4.98 Å².